The number of aliphatic hydroxyl groups is 1. The van der Waals surface area contributed by atoms with Crippen LogP contribution in [0, 0.1) is 54.3 Å². The summed E-state index contributed by atoms with van der Waals surface area (Å²) in [5, 5.41) is 9.90. The smallest absolute Gasteiger partial charge is 0.125 e. The van der Waals surface area contributed by atoms with Gasteiger partial charge in [0, 0.05) is 50.3 Å². The number of rotatable bonds is 5. The standard InChI is InChI=1S/C18H33NO2.Y/c1-11-12(2)14(18(7,8)19)15(17(5,6)10-21)13(11)16(3,4)9-20;/h9,11-15,21H,1-2,10,19H2,3-8H3;/q-2;. The molecule has 1 aliphatic rings. The van der Waals surface area contributed by atoms with Gasteiger partial charge in [0.25, 0.3) is 0 Å². The summed E-state index contributed by atoms with van der Waals surface area (Å²) in [5.74, 6) is 0.408. The molecule has 0 aliphatic heterocycles. The van der Waals surface area contributed by atoms with Crippen LogP contribution in [0.1, 0.15) is 41.5 Å². The van der Waals surface area contributed by atoms with Crippen LogP contribution in [-0.4, -0.2) is 23.5 Å². The normalized spacial score (nSPS) is 33.5. The van der Waals surface area contributed by atoms with Crippen molar-refractivity contribution in [3.8, 4) is 0 Å². The number of carbonyl (C=O) groups excluding carboxylic acids is 1. The molecule has 1 fully saturated rings. The molecule has 1 rings (SSSR count). The van der Waals surface area contributed by atoms with Crippen molar-refractivity contribution < 1.29 is 42.6 Å². The van der Waals surface area contributed by atoms with Crippen LogP contribution < -0.4 is 5.73 Å². The van der Waals surface area contributed by atoms with E-state index in [9.17, 15) is 9.90 Å². The first-order valence-corrected chi connectivity index (χ1v) is 7.83. The van der Waals surface area contributed by atoms with E-state index in [1.807, 2.05) is 27.7 Å². The van der Waals surface area contributed by atoms with Crippen LogP contribution in [0.15, 0.2) is 0 Å². The van der Waals surface area contributed by atoms with Crippen LogP contribution in [-0.2, 0) is 37.5 Å². The second-order valence-electron chi connectivity index (χ2n) is 8.81. The van der Waals surface area contributed by atoms with Gasteiger partial charge in [-0.05, 0) is 31.1 Å². The molecule has 3 nitrogen and oxygen atoms in total. The van der Waals surface area contributed by atoms with Crippen LogP contribution in [0.3, 0.4) is 0 Å². The third-order valence-electron chi connectivity index (χ3n) is 5.58. The summed E-state index contributed by atoms with van der Waals surface area (Å²) in [6.45, 7) is 20.8. The molecule has 0 bridgehead atoms. The Hall–Kier alpha value is 0.694. The van der Waals surface area contributed by atoms with E-state index in [1.165, 1.54) is 0 Å². The molecule has 1 saturated carbocycles. The van der Waals surface area contributed by atoms with Crippen molar-refractivity contribution in [1.29, 1.82) is 0 Å². The predicted octanol–water partition coefficient (Wildman–Crippen LogP) is 2.73. The molecule has 4 heteroatoms. The van der Waals surface area contributed by atoms with Crippen LogP contribution in [0.5, 0.6) is 0 Å². The molecule has 22 heavy (non-hydrogen) atoms. The number of hydrogen-bond donors (Lipinski definition) is 2. The fourth-order valence-electron chi connectivity index (χ4n) is 4.47. The maximum Gasteiger partial charge on any atom is 0.125 e. The molecule has 0 spiro atoms. The van der Waals surface area contributed by atoms with E-state index in [0.29, 0.717) is 0 Å². The number of nitrogens with two attached hydrogens (primary N) is 1. The van der Waals surface area contributed by atoms with Crippen molar-refractivity contribution in [3.05, 3.63) is 13.8 Å². The summed E-state index contributed by atoms with van der Waals surface area (Å²) in [6, 6.07) is 0. The third kappa shape index (κ3) is 4.02. The van der Waals surface area contributed by atoms with Crippen LogP contribution in [0.4, 0.5) is 0 Å². The van der Waals surface area contributed by atoms with Gasteiger partial charge in [-0.2, -0.15) is 11.8 Å². The maximum atomic E-state index is 11.6. The molecule has 1 aliphatic carbocycles. The van der Waals surface area contributed by atoms with Gasteiger partial charge in [0.05, 0.1) is 0 Å². The average molecular weight is 384 g/mol. The van der Waals surface area contributed by atoms with E-state index in [0.717, 1.165) is 6.29 Å². The minimum absolute atomic E-state index is 0. The molecule has 127 valence electrons. The molecule has 0 aromatic heterocycles. The molecular weight excluding hydrogens is 351 g/mol. The van der Waals surface area contributed by atoms with Gasteiger partial charge >= 0.3 is 0 Å². The van der Waals surface area contributed by atoms with Gasteiger partial charge in [0.2, 0.25) is 0 Å². The quantitative estimate of drug-likeness (QED) is 0.566. The molecule has 0 amide bonds. The monoisotopic (exact) mass is 384 g/mol. The van der Waals surface area contributed by atoms with Gasteiger partial charge < -0.3 is 29.5 Å². The fourth-order valence-corrected chi connectivity index (χ4v) is 4.47. The molecule has 0 aromatic carbocycles. The summed E-state index contributed by atoms with van der Waals surface area (Å²) in [7, 11) is 0. The topological polar surface area (TPSA) is 63.3 Å². The van der Waals surface area contributed by atoms with Crippen molar-refractivity contribution in [1.82, 2.24) is 0 Å². The Morgan fingerprint density at radius 3 is 1.73 bits per heavy atom. The van der Waals surface area contributed by atoms with Crippen LogP contribution in [0.2, 0.25) is 0 Å². The zero-order chi connectivity index (χ0) is 16.8. The fraction of sp³-hybridized carbons (Fsp3) is 0.833. The van der Waals surface area contributed by atoms with Crippen molar-refractivity contribution in [3.63, 3.8) is 0 Å². The van der Waals surface area contributed by atoms with Gasteiger partial charge in [-0.15, -0.1) is 0 Å². The van der Waals surface area contributed by atoms with E-state index in [4.69, 9.17) is 5.73 Å². The summed E-state index contributed by atoms with van der Waals surface area (Å²) >= 11 is 0. The summed E-state index contributed by atoms with van der Waals surface area (Å²) < 4.78 is 0. The van der Waals surface area contributed by atoms with Crippen molar-refractivity contribution in [2.24, 2.45) is 46.2 Å². The van der Waals surface area contributed by atoms with Crippen LogP contribution in [0.25, 0.3) is 0 Å². The molecule has 0 saturated heterocycles. The summed E-state index contributed by atoms with van der Waals surface area (Å²) in [6.07, 6.45) is 1.02. The molecule has 0 heterocycles. The minimum atomic E-state index is -0.501. The summed E-state index contributed by atoms with van der Waals surface area (Å²) in [4.78, 5) is 11.6. The molecule has 1 radical (unpaired) electrons. The molecule has 5 unspecified atom stereocenters. The van der Waals surface area contributed by atoms with E-state index in [2.05, 4.69) is 27.7 Å². The molecule has 5 atom stereocenters. The number of hydrogen-bond acceptors (Lipinski definition) is 3. The van der Waals surface area contributed by atoms with Crippen molar-refractivity contribution in [2.45, 2.75) is 47.1 Å². The van der Waals surface area contributed by atoms with Crippen LogP contribution >= 0.6 is 0 Å². The van der Waals surface area contributed by atoms with E-state index < -0.39 is 11.0 Å². The van der Waals surface area contributed by atoms with Gasteiger partial charge in [-0.3, -0.25) is 0 Å². The Labute approximate surface area is 162 Å². The van der Waals surface area contributed by atoms with Gasteiger partial charge in [0.1, 0.15) is 6.29 Å². The number of aliphatic hydroxyl groups excluding tert-OH is 1. The average Bonchev–Trinajstić information content (AvgIpc) is 2.63. The Bertz CT molecular complexity index is 387. The van der Waals surface area contributed by atoms with Crippen molar-refractivity contribution in [2.75, 3.05) is 6.61 Å². The molecule has 3 N–H and O–H groups in total. The third-order valence-corrected chi connectivity index (χ3v) is 5.58. The zero-order valence-corrected chi connectivity index (χ0v) is 17.9. The molecule has 0 aromatic rings. The Kier molecular flexibility index (Phi) is 7.52. The maximum absolute atomic E-state index is 11.6. The largest absolute Gasteiger partial charge is 0.396 e. The van der Waals surface area contributed by atoms with Gasteiger partial charge in [0.15, 0.2) is 0 Å². The molecular formula is C18H33NO2Y-2. The van der Waals surface area contributed by atoms with E-state index in [-0.39, 0.29) is 74.3 Å². The Morgan fingerprint density at radius 1 is 1.00 bits per heavy atom. The Morgan fingerprint density at radius 2 is 1.41 bits per heavy atom. The second kappa shape index (κ2) is 7.29. The SMILES string of the molecule is [CH2-]C1C([CH2-])C(C(C)(C)C=O)C(C(C)(C)CO)C1C(C)(C)N.[Y]. The van der Waals surface area contributed by atoms with E-state index in [1.54, 1.807) is 0 Å². The number of aldehydes is 1. The van der Waals surface area contributed by atoms with Crippen molar-refractivity contribution >= 4 is 6.29 Å². The van der Waals surface area contributed by atoms with Gasteiger partial charge in [-0.25, -0.2) is 0 Å². The number of carbonyl (C=O) groups is 1. The second-order valence-corrected chi connectivity index (χ2v) is 8.81. The Balaban J connectivity index is 0.00000441. The first kappa shape index (κ1) is 22.7. The zero-order valence-electron chi connectivity index (χ0n) is 15.1. The first-order valence-electron chi connectivity index (χ1n) is 7.83. The van der Waals surface area contributed by atoms with Gasteiger partial charge in [-0.1, -0.05) is 33.6 Å². The summed E-state index contributed by atoms with van der Waals surface area (Å²) in [5.41, 5.74) is 5.20. The predicted molar refractivity (Wildman–Crippen MR) is 87.1 cm³/mol. The first-order chi connectivity index (χ1) is 9.31. The van der Waals surface area contributed by atoms with E-state index >= 15 is 0 Å². The minimum Gasteiger partial charge on any atom is -0.396 e.